The molecule has 138 valence electrons. The molecule has 0 spiro atoms. The quantitative estimate of drug-likeness (QED) is 0.650. The summed E-state index contributed by atoms with van der Waals surface area (Å²) < 4.78 is 0. The maximum atomic E-state index is 12.1. The van der Waals surface area contributed by atoms with Crippen LogP contribution in [0.1, 0.15) is 5.56 Å². The van der Waals surface area contributed by atoms with Gasteiger partial charge in [0.1, 0.15) is 0 Å². The van der Waals surface area contributed by atoms with Gasteiger partial charge < -0.3 is 15.5 Å². The van der Waals surface area contributed by atoms with E-state index in [1.807, 2.05) is 12.1 Å². The van der Waals surface area contributed by atoms with Crippen LogP contribution in [0, 0.1) is 0 Å². The number of benzene rings is 2. The van der Waals surface area contributed by atoms with E-state index < -0.39 is 0 Å². The Morgan fingerprint density at radius 1 is 0.962 bits per heavy atom. The van der Waals surface area contributed by atoms with Gasteiger partial charge in [-0.05, 0) is 29.8 Å². The summed E-state index contributed by atoms with van der Waals surface area (Å²) in [7, 11) is 1.76. The molecule has 0 aliphatic rings. The highest BCUT2D eigenvalue weighted by Gasteiger charge is 2.16. The molecule has 0 aromatic heterocycles. The summed E-state index contributed by atoms with van der Waals surface area (Å²) in [4.78, 5) is 24.9. The molecule has 0 heterocycles. The molecule has 26 heavy (non-hydrogen) atoms. The molecule has 2 aromatic rings. The molecule has 3 N–H and O–H groups in total. The number of quaternary nitrogens is 1. The monoisotopic (exact) mass is 414 g/mol. The van der Waals surface area contributed by atoms with Crippen LogP contribution in [0.25, 0.3) is 0 Å². The molecule has 0 fully saturated rings. The van der Waals surface area contributed by atoms with Gasteiger partial charge in [0.25, 0.3) is 11.8 Å². The minimum absolute atomic E-state index is 0.103. The molecule has 0 radical (unpaired) electrons. The lowest BCUT2D eigenvalue weighted by molar-refractivity contribution is -0.862. The summed E-state index contributed by atoms with van der Waals surface area (Å²) >= 11 is 18.0. The number of carbonyl (C=O) groups is 2. The zero-order valence-electron chi connectivity index (χ0n) is 14.1. The van der Waals surface area contributed by atoms with Gasteiger partial charge >= 0.3 is 0 Å². The van der Waals surface area contributed by atoms with Crippen LogP contribution in [0.4, 0.5) is 5.69 Å². The van der Waals surface area contributed by atoms with E-state index in [1.54, 1.807) is 37.4 Å². The van der Waals surface area contributed by atoms with Crippen molar-refractivity contribution in [3.63, 3.8) is 0 Å². The van der Waals surface area contributed by atoms with E-state index in [0.717, 1.165) is 10.5 Å². The number of rotatable bonds is 7. The molecule has 8 heteroatoms. The van der Waals surface area contributed by atoms with Gasteiger partial charge in [-0.1, -0.05) is 53.0 Å². The first-order valence-electron chi connectivity index (χ1n) is 7.91. The second-order valence-electron chi connectivity index (χ2n) is 5.86. The fourth-order valence-corrected chi connectivity index (χ4v) is 3.03. The van der Waals surface area contributed by atoms with E-state index in [1.165, 1.54) is 0 Å². The molecule has 1 unspecified atom stereocenters. The molecular weight excluding hydrogens is 397 g/mol. The molecule has 0 saturated carbocycles. The molecular formula is C18H19Cl3N3O2+. The Morgan fingerprint density at radius 2 is 1.58 bits per heavy atom. The fraction of sp³-hybridized carbons (Fsp3) is 0.222. The van der Waals surface area contributed by atoms with Gasteiger partial charge in [-0.3, -0.25) is 9.59 Å². The number of halogens is 3. The predicted molar refractivity (Wildman–Crippen MR) is 105 cm³/mol. The topological polar surface area (TPSA) is 62.6 Å². The van der Waals surface area contributed by atoms with Crippen molar-refractivity contribution in [3.05, 3.63) is 63.1 Å². The van der Waals surface area contributed by atoms with Crippen molar-refractivity contribution in [2.45, 2.75) is 6.54 Å². The van der Waals surface area contributed by atoms with E-state index in [2.05, 4.69) is 10.6 Å². The largest absolute Gasteiger partial charge is 0.347 e. The maximum Gasteiger partial charge on any atom is 0.279 e. The van der Waals surface area contributed by atoms with Crippen molar-refractivity contribution in [2.24, 2.45) is 0 Å². The highest BCUT2D eigenvalue weighted by atomic mass is 35.5. The van der Waals surface area contributed by atoms with Crippen molar-refractivity contribution in [1.29, 1.82) is 0 Å². The predicted octanol–water partition coefficient (Wildman–Crippen LogP) is 2.42. The third-order valence-corrected chi connectivity index (χ3v) is 4.40. The lowest BCUT2D eigenvalue weighted by atomic mass is 10.2. The molecule has 0 aliphatic heterocycles. The maximum absolute atomic E-state index is 12.1. The second-order valence-corrected chi connectivity index (χ2v) is 7.11. The number of likely N-dealkylation sites (N-methyl/N-ethyl adjacent to an activating group) is 1. The Morgan fingerprint density at radius 3 is 2.23 bits per heavy atom. The smallest absolute Gasteiger partial charge is 0.279 e. The van der Waals surface area contributed by atoms with Crippen LogP contribution in [0.2, 0.25) is 15.1 Å². The highest BCUT2D eigenvalue weighted by Crippen LogP contribution is 2.29. The van der Waals surface area contributed by atoms with Gasteiger partial charge in [-0.25, -0.2) is 0 Å². The first-order valence-corrected chi connectivity index (χ1v) is 9.05. The zero-order chi connectivity index (χ0) is 19.1. The van der Waals surface area contributed by atoms with Crippen LogP contribution in [-0.4, -0.2) is 32.0 Å². The average Bonchev–Trinajstić information content (AvgIpc) is 2.56. The summed E-state index contributed by atoms with van der Waals surface area (Å²) in [5.74, 6) is -0.439. The molecule has 2 aromatic carbocycles. The third kappa shape index (κ3) is 6.50. The van der Waals surface area contributed by atoms with Crippen LogP contribution in [0.3, 0.4) is 0 Å². The molecule has 0 bridgehead atoms. The highest BCUT2D eigenvalue weighted by molar-refractivity contribution is 6.39. The van der Waals surface area contributed by atoms with E-state index in [4.69, 9.17) is 34.8 Å². The van der Waals surface area contributed by atoms with Gasteiger partial charge in [0.05, 0.1) is 22.8 Å². The molecule has 5 nitrogen and oxygen atoms in total. The first-order chi connectivity index (χ1) is 12.3. The molecule has 2 amide bonds. The Bertz CT molecular complexity index is 779. The van der Waals surface area contributed by atoms with Gasteiger partial charge in [0.2, 0.25) is 0 Å². The minimum atomic E-state index is -0.278. The standard InChI is InChI=1S/C18H18Cl3N3O2/c1-24(10-16(25)22-9-12-4-2-5-13(19)8-12)11-17(26)23-18-14(20)6-3-7-15(18)21/h2-8H,9-11H2,1H3,(H,22,25)(H,23,26)/p+1. The summed E-state index contributed by atoms with van der Waals surface area (Å²) in [5, 5.41) is 6.83. The lowest BCUT2D eigenvalue weighted by Gasteiger charge is -2.15. The van der Waals surface area contributed by atoms with Crippen molar-refractivity contribution >= 4 is 52.3 Å². The van der Waals surface area contributed by atoms with Gasteiger partial charge in [0.15, 0.2) is 13.1 Å². The summed E-state index contributed by atoms with van der Waals surface area (Å²) in [6, 6.07) is 12.2. The van der Waals surface area contributed by atoms with Crippen molar-refractivity contribution in [2.75, 3.05) is 25.5 Å². The number of para-hydroxylation sites is 1. The number of nitrogens with one attached hydrogen (secondary N) is 3. The number of hydrogen-bond donors (Lipinski definition) is 3. The summed E-state index contributed by atoms with van der Waals surface area (Å²) in [6.07, 6.45) is 0. The number of hydrogen-bond acceptors (Lipinski definition) is 2. The van der Waals surface area contributed by atoms with Crippen LogP contribution in [0.15, 0.2) is 42.5 Å². The minimum Gasteiger partial charge on any atom is -0.347 e. The van der Waals surface area contributed by atoms with Crippen molar-refractivity contribution < 1.29 is 14.5 Å². The fourth-order valence-electron chi connectivity index (χ4n) is 2.32. The molecule has 0 aliphatic carbocycles. The second kappa shape index (κ2) is 9.78. The van der Waals surface area contributed by atoms with Gasteiger partial charge in [-0.15, -0.1) is 0 Å². The Balaban J connectivity index is 1.79. The molecule has 1 atom stereocenters. The third-order valence-electron chi connectivity index (χ3n) is 3.53. The van der Waals surface area contributed by atoms with Crippen LogP contribution in [0.5, 0.6) is 0 Å². The number of amides is 2. The summed E-state index contributed by atoms with van der Waals surface area (Å²) in [6.45, 7) is 0.643. The lowest BCUT2D eigenvalue weighted by Crippen LogP contribution is -3.11. The first kappa shape index (κ1) is 20.5. The van der Waals surface area contributed by atoms with Gasteiger partial charge in [0, 0.05) is 11.6 Å². The van der Waals surface area contributed by atoms with Crippen LogP contribution in [-0.2, 0) is 16.1 Å². The van der Waals surface area contributed by atoms with E-state index in [0.29, 0.717) is 27.3 Å². The zero-order valence-corrected chi connectivity index (χ0v) is 16.4. The Labute approximate surface area is 167 Å². The SMILES string of the molecule is C[NH+](CC(=O)NCc1cccc(Cl)c1)CC(=O)Nc1c(Cl)cccc1Cl. The van der Waals surface area contributed by atoms with E-state index in [9.17, 15) is 9.59 Å². The normalized spacial score (nSPS) is 11.7. The summed E-state index contributed by atoms with van der Waals surface area (Å²) in [5.41, 5.74) is 1.29. The Hall–Kier alpha value is -1.79. The van der Waals surface area contributed by atoms with E-state index >= 15 is 0 Å². The average molecular weight is 416 g/mol. The molecule has 2 rings (SSSR count). The Kier molecular flexibility index (Phi) is 7.72. The van der Waals surface area contributed by atoms with Crippen LogP contribution < -0.4 is 15.5 Å². The van der Waals surface area contributed by atoms with E-state index in [-0.39, 0.29) is 24.9 Å². The van der Waals surface area contributed by atoms with Crippen molar-refractivity contribution in [3.8, 4) is 0 Å². The number of anilines is 1. The number of carbonyl (C=O) groups excluding carboxylic acids is 2. The van der Waals surface area contributed by atoms with Gasteiger partial charge in [-0.2, -0.15) is 0 Å². The van der Waals surface area contributed by atoms with Crippen molar-refractivity contribution in [1.82, 2.24) is 5.32 Å². The van der Waals surface area contributed by atoms with Crippen LogP contribution >= 0.6 is 34.8 Å². The molecule has 0 saturated heterocycles.